The Bertz CT molecular complexity index is 1150. The van der Waals surface area contributed by atoms with E-state index < -0.39 is 0 Å². The van der Waals surface area contributed by atoms with E-state index in [1.54, 1.807) is 12.1 Å². The second kappa shape index (κ2) is 9.41. The summed E-state index contributed by atoms with van der Waals surface area (Å²) in [6.45, 7) is 1.87. The first-order valence-corrected chi connectivity index (χ1v) is 11.1. The summed E-state index contributed by atoms with van der Waals surface area (Å²) in [4.78, 5) is 29.1. The monoisotopic (exact) mass is 448 g/mol. The van der Waals surface area contributed by atoms with Crippen LogP contribution < -0.4 is 10.2 Å². The summed E-state index contributed by atoms with van der Waals surface area (Å²) < 4.78 is 0. The highest BCUT2D eigenvalue weighted by molar-refractivity contribution is 8.04. The van der Waals surface area contributed by atoms with Gasteiger partial charge in [0.1, 0.15) is 6.54 Å². The number of anilines is 1. The maximum Gasteiger partial charge on any atom is 0.265 e. The molecule has 0 saturated heterocycles. The maximum absolute atomic E-state index is 13.3. The lowest BCUT2D eigenvalue weighted by Gasteiger charge is -2.30. The number of amides is 2. The second-order valence-electron chi connectivity index (χ2n) is 7.19. The van der Waals surface area contributed by atoms with E-state index in [1.165, 1.54) is 16.7 Å². The van der Waals surface area contributed by atoms with Crippen molar-refractivity contribution in [3.05, 3.63) is 99.9 Å². The van der Waals surface area contributed by atoms with Gasteiger partial charge in [-0.15, -0.1) is 0 Å². The molecule has 0 radical (unpaired) electrons. The first kappa shape index (κ1) is 21.2. The molecule has 3 aromatic carbocycles. The number of carbonyl (C=O) groups is 2. The van der Waals surface area contributed by atoms with Gasteiger partial charge in [-0.25, -0.2) is 0 Å². The van der Waals surface area contributed by atoms with Gasteiger partial charge in [0.2, 0.25) is 5.91 Å². The lowest BCUT2D eigenvalue weighted by molar-refractivity contribution is -0.122. The van der Waals surface area contributed by atoms with Crippen molar-refractivity contribution in [2.24, 2.45) is 0 Å². The molecule has 0 saturated carbocycles. The summed E-state index contributed by atoms with van der Waals surface area (Å²) in [6.07, 6.45) is 1.78. The molecular weight excluding hydrogens is 428 g/mol. The Morgan fingerprint density at radius 2 is 1.71 bits per heavy atom. The molecule has 1 atom stereocenters. The van der Waals surface area contributed by atoms with Gasteiger partial charge in [-0.1, -0.05) is 84.0 Å². The van der Waals surface area contributed by atoms with Gasteiger partial charge in [-0.3, -0.25) is 14.5 Å². The molecule has 156 valence electrons. The molecule has 0 aromatic heterocycles. The molecule has 0 bridgehead atoms. The first-order chi connectivity index (χ1) is 15.0. The van der Waals surface area contributed by atoms with Crippen LogP contribution in [0.4, 0.5) is 5.69 Å². The fourth-order valence-corrected chi connectivity index (χ4v) is 4.65. The van der Waals surface area contributed by atoms with E-state index in [1.807, 2.05) is 79.7 Å². The number of rotatable bonds is 5. The van der Waals surface area contributed by atoms with Crippen LogP contribution >= 0.6 is 23.4 Å². The van der Waals surface area contributed by atoms with Crippen LogP contribution in [0, 0.1) is 0 Å². The fourth-order valence-electron chi connectivity index (χ4n) is 3.41. The van der Waals surface area contributed by atoms with Crippen LogP contribution in [0.5, 0.6) is 0 Å². The van der Waals surface area contributed by atoms with Gasteiger partial charge in [0.15, 0.2) is 0 Å². The summed E-state index contributed by atoms with van der Waals surface area (Å²) >= 11 is 7.67. The van der Waals surface area contributed by atoms with E-state index in [0.29, 0.717) is 9.93 Å². The molecule has 1 N–H and O–H groups in total. The molecule has 2 amide bonds. The van der Waals surface area contributed by atoms with Crippen molar-refractivity contribution in [2.45, 2.75) is 17.9 Å². The van der Waals surface area contributed by atoms with Crippen LogP contribution in [0.15, 0.2) is 88.7 Å². The van der Waals surface area contributed by atoms with Crippen LogP contribution in [-0.4, -0.2) is 18.4 Å². The highest BCUT2D eigenvalue weighted by Gasteiger charge is 2.30. The lowest BCUT2D eigenvalue weighted by atomic mass is 10.1. The van der Waals surface area contributed by atoms with Crippen molar-refractivity contribution in [3.8, 4) is 0 Å². The quantitative estimate of drug-likeness (QED) is 0.509. The SMILES string of the molecule is C[C@@H](NC(=O)CN1C(=O)/C(=C\c2ccccc2Cl)Sc2ccccc21)c1ccccc1. The minimum atomic E-state index is -0.219. The number of benzene rings is 3. The Balaban J connectivity index is 1.59. The van der Waals surface area contributed by atoms with Gasteiger partial charge in [0.25, 0.3) is 5.91 Å². The predicted octanol–water partition coefficient (Wildman–Crippen LogP) is 5.70. The van der Waals surface area contributed by atoms with Crippen molar-refractivity contribution < 1.29 is 9.59 Å². The third-order valence-electron chi connectivity index (χ3n) is 5.00. The maximum atomic E-state index is 13.3. The average molecular weight is 449 g/mol. The Hall–Kier alpha value is -3.02. The largest absolute Gasteiger partial charge is 0.348 e. The predicted molar refractivity (Wildman–Crippen MR) is 127 cm³/mol. The summed E-state index contributed by atoms with van der Waals surface area (Å²) in [7, 11) is 0. The lowest BCUT2D eigenvalue weighted by Crippen LogP contribution is -2.43. The summed E-state index contributed by atoms with van der Waals surface area (Å²) in [6, 6.07) is 24.6. The molecule has 4 nitrogen and oxygen atoms in total. The molecule has 1 aliphatic rings. The third kappa shape index (κ3) is 4.84. The van der Waals surface area contributed by atoms with E-state index in [0.717, 1.165) is 21.7 Å². The molecule has 0 spiro atoms. The summed E-state index contributed by atoms with van der Waals surface area (Å²) in [5, 5.41) is 3.56. The number of hydrogen-bond donors (Lipinski definition) is 1. The summed E-state index contributed by atoms with van der Waals surface area (Å²) in [5.41, 5.74) is 2.51. The van der Waals surface area contributed by atoms with Gasteiger partial charge in [-0.05, 0) is 42.3 Å². The van der Waals surface area contributed by atoms with Gasteiger partial charge in [-0.2, -0.15) is 0 Å². The van der Waals surface area contributed by atoms with Crippen molar-refractivity contribution in [1.82, 2.24) is 5.32 Å². The van der Waals surface area contributed by atoms with Crippen molar-refractivity contribution in [2.75, 3.05) is 11.4 Å². The normalized spacial score (nSPS) is 15.5. The number of nitrogens with one attached hydrogen (secondary N) is 1. The Labute approximate surface area is 190 Å². The number of halogens is 1. The number of fused-ring (bicyclic) bond motifs is 1. The van der Waals surface area contributed by atoms with E-state index in [9.17, 15) is 9.59 Å². The molecule has 1 aliphatic heterocycles. The minimum Gasteiger partial charge on any atom is -0.348 e. The van der Waals surface area contributed by atoms with Gasteiger partial charge < -0.3 is 5.32 Å². The molecule has 4 rings (SSSR count). The van der Waals surface area contributed by atoms with E-state index in [-0.39, 0.29) is 24.4 Å². The molecule has 3 aromatic rings. The van der Waals surface area contributed by atoms with Gasteiger partial charge >= 0.3 is 0 Å². The first-order valence-electron chi connectivity index (χ1n) is 9.92. The van der Waals surface area contributed by atoms with E-state index in [2.05, 4.69) is 5.32 Å². The van der Waals surface area contributed by atoms with Gasteiger partial charge in [0, 0.05) is 9.92 Å². The minimum absolute atomic E-state index is 0.0621. The number of hydrogen-bond acceptors (Lipinski definition) is 3. The zero-order valence-electron chi connectivity index (χ0n) is 16.9. The summed E-state index contributed by atoms with van der Waals surface area (Å²) in [5.74, 6) is -0.436. The molecule has 1 heterocycles. The highest BCUT2D eigenvalue weighted by Crippen LogP contribution is 2.42. The van der Waals surface area contributed by atoms with Crippen LogP contribution in [0.2, 0.25) is 5.02 Å². The van der Waals surface area contributed by atoms with Crippen molar-refractivity contribution >= 4 is 46.9 Å². The molecule has 0 unspecified atom stereocenters. The Morgan fingerprint density at radius 1 is 1.03 bits per heavy atom. The van der Waals surface area contributed by atoms with Gasteiger partial charge in [0.05, 0.1) is 16.6 Å². The van der Waals surface area contributed by atoms with E-state index >= 15 is 0 Å². The fraction of sp³-hybridized carbons (Fsp3) is 0.120. The van der Waals surface area contributed by atoms with Crippen LogP contribution in [-0.2, 0) is 9.59 Å². The average Bonchev–Trinajstić information content (AvgIpc) is 2.78. The third-order valence-corrected chi connectivity index (χ3v) is 6.42. The smallest absolute Gasteiger partial charge is 0.265 e. The number of carbonyl (C=O) groups excluding carboxylic acids is 2. The molecule has 0 fully saturated rings. The Kier molecular flexibility index (Phi) is 6.44. The zero-order chi connectivity index (χ0) is 21.8. The molecule has 0 aliphatic carbocycles. The highest BCUT2D eigenvalue weighted by atomic mass is 35.5. The van der Waals surface area contributed by atoms with Crippen LogP contribution in [0.1, 0.15) is 24.1 Å². The van der Waals surface area contributed by atoms with Crippen molar-refractivity contribution in [1.29, 1.82) is 0 Å². The Morgan fingerprint density at radius 3 is 2.48 bits per heavy atom. The zero-order valence-corrected chi connectivity index (χ0v) is 18.5. The molecule has 6 heteroatoms. The number of thioether (sulfide) groups is 1. The number of nitrogens with zero attached hydrogens (tertiary/aromatic N) is 1. The molecule has 31 heavy (non-hydrogen) atoms. The standard InChI is InChI=1S/C25H21ClN2O2S/c1-17(18-9-3-2-4-10-18)27-24(29)16-28-21-13-7-8-14-22(21)31-23(25(28)30)15-19-11-5-6-12-20(19)26/h2-15,17H,16H2,1H3,(H,27,29)/b23-15+/t17-/m1/s1. The van der Waals surface area contributed by atoms with E-state index in [4.69, 9.17) is 11.6 Å². The second-order valence-corrected chi connectivity index (χ2v) is 8.68. The van der Waals surface area contributed by atoms with Crippen molar-refractivity contribution in [3.63, 3.8) is 0 Å². The van der Waals surface area contributed by atoms with Crippen LogP contribution in [0.25, 0.3) is 6.08 Å². The van der Waals surface area contributed by atoms with Crippen LogP contribution in [0.3, 0.4) is 0 Å². The topological polar surface area (TPSA) is 49.4 Å². The number of para-hydroxylation sites is 1. The molecular formula is C25H21ClN2O2S.